The summed E-state index contributed by atoms with van der Waals surface area (Å²) < 4.78 is 0. The molecule has 0 aromatic rings. The maximum atomic E-state index is 11.5. The number of amides is 2. The van der Waals surface area contributed by atoms with Gasteiger partial charge in [0.25, 0.3) is 0 Å². The van der Waals surface area contributed by atoms with Crippen LogP contribution < -0.4 is 10.6 Å². The maximum absolute atomic E-state index is 11.5. The molecule has 0 aliphatic heterocycles. The average molecular weight is 257 g/mol. The molecule has 0 bridgehead atoms. The number of nitrogens with zero attached hydrogens (tertiary/aromatic N) is 1. The summed E-state index contributed by atoms with van der Waals surface area (Å²) in [5, 5.41) is 15.0. The average Bonchev–Trinajstić information content (AvgIpc) is 3.17. The predicted molar refractivity (Wildman–Crippen MR) is 72.6 cm³/mol. The van der Waals surface area contributed by atoms with Crippen molar-refractivity contribution in [2.45, 2.75) is 57.7 Å². The summed E-state index contributed by atoms with van der Waals surface area (Å²) in [5.41, 5.74) is 0. The van der Waals surface area contributed by atoms with Crippen molar-refractivity contribution in [2.24, 2.45) is 0 Å². The highest BCUT2D eigenvalue weighted by molar-refractivity contribution is 5.73. The summed E-state index contributed by atoms with van der Waals surface area (Å²) in [4.78, 5) is 13.8. The smallest absolute Gasteiger partial charge is 0.314 e. The molecule has 2 unspecified atom stereocenters. The first-order chi connectivity index (χ1) is 8.54. The molecule has 2 amide bonds. The number of hydrogen-bond donors (Lipinski definition) is 3. The number of aliphatic hydroxyl groups is 1. The predicted octanol–water partition coefficient (Wildman–Crippen LogP) is 0.929. The van der Waals surface area contributed by atoms with Crippen LogP contribution in [0, 0.1) is 0 Å². The molecule has 1 rings (SSSR count). The second-order valence-electron chi connectivity index (χ2n) is 5.28. The van der Waals surface area contributed by atoms with Gasteiger partial charge in [0.1, 0.15) is 0 Å². The third kappa shape index (κ3) is 5.69. The topological polar surface area (TPSA) is 64.6 Å². The van der Waals surface area contributed by atoms with Gasteiger partial charge in [-0.15, -0.1) is 0 Å². The normalized spacial score (nSPS) is 18.5. The van der Waals surface area contributed by atoms with Gasteiger partial charge in [-0.1, -0.05) is 13.3 Å². The van der Waals surface area contributed by atoms with Crippen LogP contribution >= 0.6 is 0 Å². The van der Waals surface area contributed by atoms with E-state index in [2.05, 4.69) is 29.5 Å². The second-order valence-corrected chi connectivity index (χ2v) is 5.28. The molecule has 0 aromatic carbocycles. The number of likely N-dealkylation sites (N-methyl/N-ethyl adjacent to an activating group) is 1. The summed E-state index contributed by atoms with van der Waals surface area (Å²) in [7, 11) is 2.10. The Bertz CT molecular complexity index is 257. The molecule has 1 saturated carbocycles. The van der Waals surface area contributed by atoms with E-state index in [-0.39, 0.29) is 6.03 Å². The Morgan fingerprint density at radius 3 is 2.56 bits per heavy atom. The first kappa shape index (κ1) is 15.2. The van der Waals surface area contributed by atoms with Gasteiger partial charge in [0.05, 0.1) is 6.10 Å². The monoisotopic (exact) mass is 257 g/mol. The molecule has 1 aliphatic rings. The van der Waals surface area contributed by atoms with E-state index in [0.29, 0.717) is 25.2 Å². The van der Waals surface area contributed by atoms with Crippen molar-refractivity contribution in [3.63, 3.8) is 0 Å². The van der Waals surface area contributed by atoms with Crippen molar-refractivity contribution < 1.29 is 9.90 Å². The van der Waals surface area contributed by atoms with Gasteiger partial charge in [-0.2, -0.15) is 0 Å². The molecule has 0 spiro atoms. The molecule has 1 fully saturated rings. The molecule has 106 valence electrons. The van der Waals surface area contributed by atoms with Crippen LogP contribution in [-0.4, -0.2) is 54.4 Å². The van der Waals surface area contributed by atoms with Crippen molar-refractivity contribution in [1.29, 1.82) is 0 Å². The van der Waals surface area contributed by atoms with Crippen LogP contribution in [0.25, 0.3) is 0 Å². The summed E-state index contributed by atoms with van der Waals surface area (Å²) >= 11 is 0. The third-order valence-electron chi connectivity index (χ3n) is 3.50. The van der Waals surface area contributed by atoms with Crippen molar-refractivity contribution in [3.8, 4) is 0 Å². The number of hydrogen-bond acceptors (Lipinski definition) is 3. The van der Waals surface area contributed by atoms with Gasteiger partial charge in [0.15, 0.2) is 0 Å². The van der Waals surface area contributed by atoms with E-state index >= 15 is 0 Å². The van der Waals surface area contributed by atoms with Crippen LogP contribution in [0.2, 0.25) is 0 Å². The first-order valence-electron chi connectivity index (χ1n) is 6.96. The summed E-state index contributed by atoms with van der Waals surface area (Å²) in [6, 6.07) is 0.862. The van der Waals surface area contributed by atoms with Crippen molar-refractivity contribution >= 4 is 6.03 Å². The van der Waals surface area contributed by atoms with Gasteiger partial charge < -0.3 is 15.7 Å². The molecule has 1 aliphatic carbocycles. The molecular weight excluding hydrogens is 230 g/mol. The lowest BCUT2D eigenvalue weighted by atomic mass is 10.2. The van der Waals surface area contributed by atoms with Crippen LogP contribution in [0.3, 0.4) is 0 Å². The zero-order valence-corrected chi connectivity index (χ0v) is 11.8. The van der Waals surface area contributed by atoms with Crippen LogP contribution in [0.1, 0.15) is 39.5 Å². The number of urea groups is 1. The minimum absolute atomic E-state index is 0.193. The fourth-order valence-corrected chi connectivity index (χ4v) is 1.93. The molecule has 0 aromatic heterocycles. The number of aliphatic hydroxyl groups excluding tert-OH is 1. The molecule has 3 N–H and O–H groups in total. The summed E-state index contributed by atoms with van der Waals surface area (Å²) in [5.74, 6) is 0. The molecular formula is C13H27N3O2. The molecule has 2 atom stereocenters. The largest absolute Gasteiger partial charge is 0.391 e. The highest BCUT2D eigenvalue weighted by Gasteiger charge is 2.29. The van der Waals surface area contributed by atoms with E-state index in [1.807, 2.05) is 6.92 Å². The van der Waals surface area contributed by atoms with Gasteiger partial charge >= 0.3 is 6.03 Å². The Balaban J connectivity index is 2.08. The van der Waals surface area contributed by atoms with Crippen LogP contribution in [0.5, 0.6) is 0 Å². The Hall–Kier alpha value is -0.810. The lowest BCUT2D eigenvalue weighted by Gasteiger charge is -2.24. The van der Waals surface area contributed by atoms with E-state index in [4.69, 9.17) is 0 Å². The van der Waals surface area contributed by atoms with E-state index < -0.39 is 6.10 Å². The fourth-order valence-electron chi connectivity index (χ4n) is 1.93. The zero-order valence-electron chi connectivity index (χ0n) is 11.8. The Labute approximate surface area is 110 Å². The van der Waals surface area contributed by atoms with Gasteiger partial charge in [0.2, 0.25) is 0 Å². The summed E-state index contributed by atoms with van der Waals surface area (Å²) in [6.45, 7) is 5.10. The van der Waals surface area contributed by atoms with Crippen molar-refractivity contribution in [1.82, 2.24) is 15.5 Å². The first-order valence-corrected chi connectivity index (χ1v) is 6.96. The van der Waals surface area contributed by atoms with E-state index in [1.54, 1.807) is 0 Å². The Kier molecular flexibility index (Phi) is 6.43. The molecule has 0 heterocycles. The standard InChI is InChI=1S/C13H27N3O2/c1-4-5-12(17)9-15-13(18)14-8-10(2)16(3)11-6-7-11/h10-12,17H,4-9H2,1-3H3,(H2,14,15,18). The molecule has 0 saturated heterocycles. The molecule has 5 nitrogen and oxygen atoms in total. The number of nitrogens with one attached hydrogen (secondary N) is 2. The van der Waals surface area contributed by atoms with Crippen molar-refractivity contribution in [3.05, 3.63) is 0 Å². The zero-order chi connectivity index (χ0) is 13.5. The van der Waals surface area contributed by atoms with Gasteiger partial charge in [-0.3, -0.25) is 4.90 Å². The van der Waals surface area contributed by atoms with Crippen molar-refractivity contribution in [2.75, 3.05) is 20.1 Å². The SMILES string of the molecule is CCCC(O)CNC(=O)NCC(C)N(C)C1CC1. The Morgan fingerprint density at radius 1 is 1.39 bits per heavy atom. The van der Waals surface area contributed by atoms with E-state index in [0.717, 1.165) is 12.8 Å². The van der Waals surface area contributed by atoms with Gasteiger partial charge in [-0.25, -0.2) is 4.79 Å². The molecule has 0 radical (unpaired) electrons. The lowest BCUT2D eigenvalue weighted by molar-refractivity contribution is 0.159. The van der Waals surface area contributed by atoms with Gasteiger partial charge in [0, 0.05) is 25.2 Å². The van der Waals surface area contributed by atoms with Crippen LogP contribution in [0.15, 0.2) is 0 Å². The fraction of sp³-hybridized carbons (Fsp3) is 0.923. The molecule has 18 heavy (non-hydrogen) atoms. The molecule has 5 heteroatoms. The van der Waals surface area contributed by atoms with Crippen LogP contribution in [0.4, 0.5) is 4.79 Å². The minimum atomic E-state index is -0.438. The van der Waals surface area contributed by atoms with E-state index in [1.165, 1.54) is 12.8 Å². The van der Waals surface area contributed by atoms with Crippen LogP contribution in [-0.2, 0) is 0 Å². The Morgan fingerprint density at radius 2 is 2.00 bits per heavy atom. The third-order valence-corrected chi connectivity index (χ3v) is 3.50. The highest BCUT2D eigenvalue weighted by atomic mass is 16.3. The number of carbonyl (C=O) groups is 1. The lowest BCUT2D eigenvalue weighted by Crippen LogP contribution is -2.46. The maximum Gasteiger partial charge on any atom is 0.314 e. The van der Waals surface area contributed by atoms with E-state index in [9.17, 15) is 9.90 Å². The minimum Gasteiger partial charge on any atom is -0.391 e. The number of rotatable bonds is 8. The van der Waals surface area contributed by atoms with Gasteiger partial charge in [-0.05, 0) is 33.2 Å². The highest BCUT2D eigenvalue weighted by Crippen LogP contribution is 2.26. The quantitative estimate of drug-likeness (QED) is 0.606. The summed E-state index contributed by atoms with van der Waals surface area (Å²) in [6.07, 6.45) is 3.76. The number of carbonyl (C=O) groups excluding carboxylic acids is 1. The second kappa shape index (κ2) is 7.59.